The zero-order valence-electron chi connectivity index (χ0n) is 13.8. The lowest BCUT2D eigenvalue weighted by molar-refractivity contribution is -0.148. The van der Waals surface area contributed by atoms with Gasteiger partial charge in [-0.05, 0) is 43.9 Å². The number of benzene rings is 1. The molecule has 0 aliphatic carbocycles. The number of rotatable bonds is 3. The van der Waals surface area contributed by atoms with Crippen LogP contribution in [0.15, 0.2) is 28.7 Å². The van der Waals surface area contributed by atoms with Gasteiger partial charge in [0.1, 0.15) is 0 Å². The molecule has 0 saturated carbocycles. The first-order valence-corrected chi connectivity index (χ1v) is 9.03. The Kier molecular flexibility index (Phi) is 4.71. The van der Waals surface area contributed by atoms with Gasteiger partial charge in [-0.25, -0.2) is 0 Å². The summed E-state index contributed by atoms with van der Waals surface area (Å²) in [5.41, 5.74) is -0.487. The number of carboxylic acids is 1. The first-order chi connectivity index (χ1) is 11.4. The topological polar surface area (TPSA) is 66.8 Å². The summed E-state index contributed by atoms with van der Waals surface area (Å²) in [5, 5.41) is 9.44. The normalized spacial score (nSPS) is 26.3. The molecule has 3 rings (SSSR count). The smallest absolute Gasteiger partial charge is 0.311 e. The number of ether oxygens (including phenoxy) is 1. The number of carboxylic acid groups (broad SMARTS) is 1. The van der Waals surface area contributed by atoms with Gasteiger partial charge < -0.3 is 14.7 Å². The molecule has 1 unspecified atom stereocenters. The molecule has 0 radical (unpaired) electrons. The third kappa shape index (κ3) is 2.97. The van der Waals surface area contributed by atoms with Gasteiger partial charge in [0.15, 0.2) is 0 Å². The van der Waals surface area contributed by atoms with Crippen LogP contribution < -0.4 is 0 Å². The molecule has 2 fully saturated rings. The van der Waals surface area contributed by atoms with Crippen LogP contribution in [-0.2, 0) is 19.7 Å². The molecule has 0 bridgehead atoms. The van der Waals surface area contributed by atoms with E-state index in [1.54, 1.807) is 11.8 Å². The minimum atomic E-state index is -0.848. The fraction of sp³-hybridized carbons (Fsp3) is 0.556. The van der Waals surface area contributed by atoms with Crippen LogP contribution in [0.5, 0.6) is 0 Å². The first-order valence-electron chi connectivity index (χ1n) is 8.24. The highest BCUT2D eigenvalue weighted by Crippen LogP contribution is 2.40. The summed E-state index contributed by atoms with van der Waals surface area (Å²) in [6.45, 7) is 3.58. The lowest BCUT2D eigenvalue weighted by atomic mass is 9.73. The van der Waals surface area contributed by atoms with Gasteiger partial charge in [0.2, 0.25) is 5.91 Å². The molecule has 1 atom stereocenters. The Balaban J connectivity index is 1.92. The summed E-state index contributed by atoms with van der Waals surface area (Å²) < 4.78 is 6.43. The molecular formula is C18H22BrNO4. The summed E-state index contributed by atoms with van der Waals surface area (Å²) in [6, 6.07) is 7.86. The number of amides is 1. The fourth-order valence-electron chi connectivity index (χ4n) is 3.74. The van der Waals surface area contributed by atoms with Gasteiger partial charge in [-0.15, -0.1) is 0 Å². The highest BCUT2D eigenvalue weighted by Gasteiger charge is 2.49. The highest BCUT2D eigenvalue weighted by atomic mass is 79.9. The first kappa shape index (κ1) is 17.4. The highest BCUT2D eigenvalue weighted by molar-refractivity contribution is 9.10. The molecule has 1 N–H and O–H groups in total. The van der Waals surface area contributed by atoms with E-state index in [0.717, 1.165) is 10.0 Å². The second kappa shape index (κ2) is 6.48. The summed E-state index contributed by atoms with van der Waals surface area (Å²) in [4.78, 5) is 26.6. The molecule has 0 aromatic heterocycles. The number of likely N-dealkylation sites (tertiary alicyclic amines) is 1. The molecule has 2 saturated heterocycles. The third-order valence-corrected chi connectivity index (χ3v) is 5.90. The van der Waals surface area contributed by atoms with E-state index in [1.165, 1.54) is 0 Å². The van der Waals surface area contributed by atoms with Crippen LogP contribution in [0.3, 0.4) is 0 Å². The molecule has 6 heteroatoms. The minimum absolute atomic E-state index is 0.0360. The van der Waals surface area contributed by atoms with E-state index in [2.05, 4.69) is 15.9 Å². The van der Waals surface area contributed by atoms with Crippen molar-refractivity contribution >= 4 is 27.8 Å². The van der Waals surface area contributed by atoms with Gasteiger partial charge >= 0.3 is 5.97 Å². The van der Waals surface area contributed by atoms with Crippen LogP contribution in [-0.4, -0.2) is 48.2 Å². The molecule has 1 aromatic carbocycles. The van der Waals surface area contributed by atoms with Crippen molar-refractivity contribution < 1.29 is 19.4 Å². The number of aliphatic carboxylic acids is 1. The number of carbonyl (C=O) groups is 2. The van der Waals surface area contributed by atoms with Gasteiger partial charge in [0.05, 0.1) is 10.8 Å². The van der Waals surface area contributed by atoms with E-state index in [4.69, 9.17) is 4.74 Å². The van der Waals surface area contributed by atoms with E-state index in [-0.39, 0.29) is 12.5 Å². The number of halogens is 1. The van der Waals surface area contributed by atoms with Gasteiger partial charge in [0.25, 0.3) is 0 Å². The van der Waals surface area contributed by atoms with Crippen molar-refractivity contribution in [3.8, 4) is 0 Å². The fourth-order valence-corrected chi connectivity index (χ4v) is 4.14. The van der Waals surface area contributed by atoms with Gasteiger partial charge in [-0.2, -0.15) is 0 Å². The Morgan fingerprint density at radius 2 is 1.96 bits per heavy atom. The predicted molar refractivity (Wildman–Crippen MR) is 92.8 cm³/mol. The van der Waals surface area contributed by atoms with Gasteiger partial charge in [-0.3, -0.25) is 9.59 Å². The van der Waals surface area contributed by atoms with Crippen LogP contribution in [0, 0.1) is 5.41 Å². The second-order valence-corrected chi connectivity index (χ2v) is 7.96. The number of carbonyl (C=O) groups excluding carboxylic acids is 1. The van der Waals surface area contributed by atoms with E-state index < -0.39 is 16.8 Å². The average Bonchev–Trinajstić information content (AvgIpc) is 2.98. The Morgan fingerprint density at radius 3 is 2.54 bits per heavy atom. The SMILES string of the molecule is CC1(C(=O)O)CCN(C(=O)C2(c3cccc(Br)c3)CCOCC2)C1. The van der Waals surface area contributed by atoms with Crippen molar-refractivity contribution in [3.05, 3.63) is 34.3 Å². The molecule has 130 valence electrons. The zero-order chi connectivity index (χ0) is 17.4. The zero-order valence-corrected chi connectivity index (χ0v) is 15.3. The number of hydrogen-bond acceptors (Lipinski definition) is 3. The monoisotopic (exact) mass is 395 g/mol. The third-order valence-electron chi connectivity index (χ3n) is 5.41. The number of hydrogen-bond donors (Lipinski definition) is 1. The number of nitrogens with zero attached hydrogens (tertiary/aromatic N) is 1. The van der Waals surface area contributed by atoms with Crippen molar-refractivity contribution in [2.45, 2.75) is 31.6 Å². The Labute approximate surface area is 150 Å². The van der Waals surface area contributed by atoms with Crippen LogP contribution >= 0.6 is 15.9 Å². The molecule has 1 amide bonds. The maximum absolute atomic E-state index is 13.4. The van der Waals surface area contributed by atoms with Crippen molar-refractivity contribution in [1.82, 2.24) is 4.90 Å². The van der Waals surface area contributed by atoms with E-state index in [1.807, 2.05) is 24.3 Å². The molecular weight excluding hydrogens is 374 g/mol. The van der Waals surface area contributed by atoms with E-state index in [9.17, 15) is 14.7 Å². The second-order valence-electron chi connectivity index (χ2n) is 7.05. The summed E-state index contributed by atoms with van der Waals surface area (Å²) in [7, 11) is 0. The molecule has 2 heterocycles. The Hall–Kier alpha value is -1.40. The average molecular weight is 396 g/mol. The van der Waals surface area contributed by atoms with Crippen molar-refractivity contribution in [3.63, 3.8) is 0 Å². The predicted octanol–water partition coefficient (Wildman–Crippen LogP) is 2.82. The molecule has 2 aliphatic heterocycles. The maximum atomic E-state index is 13.4. The summed E-state index contributed by atoms with van der Waals surface area (Å²) in [6.07, 6.45) is 1.75. The van der Waals surface area contributed by atoms with Crippen LogP contribution in [0.2, 0.25) is 0 Å². The lowest BCUT2D eigenvalue weighted by Gasteiger charge is -2.39. The molecule has 0 spiro atoms. The van der Waals surface area contributed by atoms with E-state index in [0.29, 0.717) is 39.0 Å². The maximum Gasteiger partial charge on any atom is 0.311 e. The van der Waals surface area contributed by atoms with E-state index >= 15 is 0 Å². The van der Waals surface area contributed by atoms with Crippen molar-refractivity contribution in [2.75, 3.05) is 26.3 Å². The minimum Gasteiger partial charge on any atom is -0.481 e. The quantitative estimate of drug-likeness (QED) is 0.854. The molecule has 2 aliphatic rings. The van der Waals surface area contributed by atoms with Gasteiger partial charge in [0, 0.05) is 30.8 Å². The van der Waals surface area contributed by atoms with Gasteiger partial charge in [-0.1, -0.05) is 28.1 Å². The van der Waals surface area contributed by atoms with Crippen LogP contribution in [0.25, 0.3) is 0 Å². The molecule has 24 heavy (non-hydrogen) atoms. The molecule has 5 nitrogen and oxygen atoms in total. The lowest BCUT2D eigenvalue weighted by Crippen LogP contribution is -2.50. The van der Waals surface area contributed by atoms with Crippen LogP contribution in [0.4, 0.5) is 0 Å². The van der Waals surface area contributed by atoms with Crippen molar-refractivity contribution in [2.24, 2.45) is 5.41 Å². The standard InChI is InChI=1S/C18H22BrNO4/c1-17(16(22)23)5-8-20(12-17)15(21)18(6-9-24-10-7-18)13-3-2-4-14(19)11-13/h2-4,11H,5-10,12H2,1H3,(H,22,23). The molecule has 1 aromatic rings. The van der Waals surface area contributed by atoms with Crippen molar-refractivity contribution in [1.29, 1.82) is 0 Å². The Morgan fingerprint density at radius 1 is 1.25 bits per heavy atom. The summed E-state index contributed by atoms with van der Waals surface area (Å²) >= 11 is 3.49. The largest absolute Gasteiger partial charge is 0.481 e. The summed E-state index contributed by atoms with van der Waals surface area (Å²) in [5.74, 6) is -0.796. The van der Waals surface area contributed by atoms with Crippen LogP contribution in [0.1, 0.15) is 31.7 Å². The Bertz CT molecular complexity index is 656.